The number of nitrogens with one attached hydrogen (secondary N) is 2. The number of carbonyl (C=O) groups excluding carboxylic acids is 1. The maximum absolute atomic E-state index is 12.3. The summed E-state index contributed by atoms with van der Waals surface area (Å²) < 4.78 is 5.14. The fraction of sp³-hybridized carbons (Fsp3) is 0.150. The number of ether oxygens (including phenoxy) is 1. The van der Waals surface area contributed by atoms with Crippen molar-refractivity contribution in [3.8, 4) is 22.8 Å². The van der Waals surface area contributed by atoms with Crippen LogP contribution in [-0.4, -0.2) is 34.0 Å². The highest BCUT2D eigenvalue weighted by Crippen LogP contribution is 2.21. The zero-order valence-corrected chi connectivity index (χ0v) is 15.1. The smallest absolute Gasteiger partial charge is 0.289 e. The van der Waals surface area contributed by atoms with E-state index < -0.39 is 0 Å². The van der Waals surface area contributed by atoms with Gasteiger partial charge in [0.05, 0.1) is 18.5 Å². The Balaban J connectivity index is 1.72. The number of carbonyl (C=O) groups is 1. The average Bonchev–Trinajstić information content (AvgIpc) is 3.20. The summed E-state index contributed by atoms with van der Waals surface area (Å²) in [5.41, 5.74) is 5.91. The van der Waals surface area contributed by atoms with Gasteiger partial charge in [-0.25, -0.2) is 5.43 Å². The molecule has 0 spiro atoms. The average molecular weight is 364 g/mol. The third-order valence-electron chi connectivity index (χ3n) is 4.04. The molecule has 0 saturated heterocycles. The van der Waals surface area contributed by atoms with Gasteiger partial charge in [0.1, 0.15) is 17.2 Å². The van der Waals surface area contributed by atoms with E-state index >= 15 is 0 Å². The number of rotatable bonds is 6. The van der Waals surface area contributed by atoms with Gasteiger partial charge in [0.2, 0.25) is 0 Å². The topological polar surface area (TPSA) is 99.6 Å². The number of aromatic nitrogens is 2. The summed E-state index contributed by atoms with van der Waals surface area (Å²) >= 11 is 0. The van der Waals surface area contributed by atoms with Crippen molar-refractivity contribution in [2.45, 2.75) is 13.3 Å². The van der Waals surface area contributed by atoms with Gasteiger partial charge in [0.15, 0.2) is 0 Å². The molecule has 0 aliphatic heterocycles. The Morgan fingerprint density at radius 1 is 1.19 bits per heavy atom. The number of methoxy groups -OCH3 is 1. The number of nitrogens with zero attached hydrogens (tertiary/aromatic N) is 2. The zero-order chi connectivity index (χ0) is 19.2. The van der Waals surface area contributed by atoms with E-state index in [0.29, 0.717) is 23.5 Å². The van der Waals surface area contributed by atoms with Gasteiger partial charge in [-0.2, -0.15) is 10.2 Å². The Labute approximate surface area is 156 Å². The monoisotopic (exact) mass is 364 g/mol. The van der Waals surface area contributed by atoms with E-state index in [1.807, 2.05) is 31.2 Å². The van der Waals surface area contributed by atoms with Gasteiger partial charge >= 0.3 is 0 Å². The number of H-pyrrole nitrogens is 1. The van der Waals surface area contributed by atoms with E-state index in [2.05, 4.69) is 20.7 Å². The van der Waals surface area contributed by atoms with E-state index in [4.69, 9.17) is 4.74 Å². The maximum atomic E-state index is 12.3. The number of aromatic amines is 1. The molecule has 3 aromatic rings. The Hall–Kier alpha value is -3.61. The van der Waals surface area contributed by atoms with Gasteiger partial charge in [-0.3, -0.25) is 9.89 Å². The molecule has 3 rings (SSSR count). The lowest BCUT2D eigenvalue weighted by Gasteiger charge is -2.04. The summed E-state index contributed by atoms with van der Waals surface area (Å²) in [5, 5.41) is 20.5. The molecule has 0 atom stereocenters. The highest BCUT2D eigenvalue weighted by molar-refractivity contribution is 6.02. The summed E-state index contributed by atoms with van der Waals surface area (Å²) in [4.78, 5) is 12.3. The van der Waals surface area contributed by atoms with Crippen LogP contribution in [0.1, 0.15) is 29.4 Å². The molecule has 7 heteroatoms. The van der Waals surface area contributed by atoms with Crippen molar-refractivity contribution in [1.29, 1.82) is 0 Å². The standard InChI is InChI=1S/C20H20N4O3/c1-3-17(13-4-8-15(25)9-5-13)21-24-20(26)19-12-18(22-23-19)14-6-10-16(27-2)11-7-14/h4-12,25H,3H2,1-2H3,(H,22,23)(H,24,26). The summed E-state index contributed by atoms with van der Waals surface area (Å²) in [6, 6.07) is 15.7. The number of benzene rings is 2. The van der Waals surface area contributed by atoms with Crippen LogP contribution in [0.15, 0.2) is 59.7 Å². The third kappa shape index (κ3) is 4.33. The van der Waals surface area contributed by atoms with Crippen LogP contribution in [0.3, 0.4) is 0 Å². The fourth-order valence-electron chi connectivity index (χ4n) is 2.53. The molecule has 0 bridgehead atoms. The fourth-order valence-corrected chi connectivity index (χ4v) is 2.53. The molecule has 1 amide bonds. The first-order valence-electron chi connectivity index (χ1n) is 8.47. The predicted octanol–water partition coefficient (Wildman–Crippen LogP) is 3.34. The van der Waals surface area contributed by atoms with Crippen LogP contribution in [0.4, 0.5) is 0 Å². The largest absolute Gasteiger partial charge is 0.508 e. The Bertz CT molecular complexity index is 944. The van der Waals surface area contributed by atoms with Crippen LogP contribution in [0.25, 0.3) is 11.3 Å². The molecular formula is C20H20N4O3. The lowest BCUT2D eigenvalue weighted by atomic mass is 10.1. The summed E-state index contributed by atoms with van der Waals surface area (Å²) in [6.07, 6.45) is 0.630. The molecule has 3 N–H and O–H groups in total. The minimum absolute atomic E-state index is 0.182. The molecule has 0 saturated carbocycles. The molecule has 0 aliphatic carbocycles. The maximum Gasteiger partial charge on any atom is 0.289 e. The second-order valence-corrected chi connectivity index (χ2v) is 5.80. The van der Waals surface area contributed by atoms with Gasteiger partial charge in [-0.05, 0) is 66.6 Å². The van der Waals surface area contributed by atoms with Crippen molar-refractivity contribution in [1.82, 2.24) is 15.6 Å². The molecule has 7 nitrogen and oxygen atoms in total. The summed E-state index contributed by atoms with van der Waals surface area (Å²) in [7, 11) is 1.61. The van der Waals surface area contributed by atoms with E-state index in [0.717, 1.165) is 16.9 Å². The number of hydrogen-bond donors (Lipinski definition) is 3. The number of phenolic OH excluding ortho intramolecular Hbond substituents is 1. The van der Waals surface area contributed by atoms with Crippen LogP contribution in [0, 0.1) is 0 Å². The lowest BCUT2D eigenvalue weighted by Crippen LogP contribution is -2.20. The Kier molecular flexibility index (Phi) is 5.51. The van der Waals surface area contributed by atoms with Crippen LogP contribution in [-0.2, 0) is 0 Å². The summed E-state index contributed by atoms with van der Waals surface area (Å²) in [5.74, 6) is 0.552. The number of phenols is 1. The molecule has 1 aromatic heterocycles. The Morgan fingerprint density at radius 3 is 2.52 bits per heavy atom. The highest BCUT2D eigenvalue weighted by Gasteiger charge is 2.11. The highest BCUT2D eigenvalue weighted by atomic mass is 16.5. The van der Waals surface area contributed by atoms with Gasteiger partial charge in [0.25, 0.3) is 5.91 Å². The van der Waals surface area contributed by atoms with Crippen LogP contribution in [0.5, 0.6) is 11.5 Å². The minimum atomic E-state index is -0.382. The molecule has 2 aromatic carbocycles. The molecule has 27 heavy (non-hydrogen) atoms. The first-order chi connectivity index (χ1) is 13.1. The van der Waals surface area contributed by atoms with Gasteiger partial charge in [-0.1, -0.05) is 6.92 Å². The second kappa shape index (κ2) is 8.18. The first kappa shape index (κ1) is 18.2. The van der Waals surface area contributed by atoms with Crippen molar-refractivity contribution in [3.63, 3.8) is 0 Å². The van der Waals surface area contributed by atoms with E-state index in [-0.39, 0.29) is 11.7 Å². The van der Waals surface area contributed by atoms with Crippen LogP contribution >= 0.6 is 0 Å². The number of hydrazone groups is 1. The molecule has 138 valence electrons. The van der Waals surface area contributed by atoms with Gasteiger partial charge < -0.3 is 9.84 Å². The Morgan fingerprint density at radius 2 is 1.89 bits per heavy atom. The van der Waals surface area contributed by atoms with Crippen molar-refractivity contribution in [2.24, 2.45) is 5.10 Å². The van der Waals surface area contributed by atoms with Crippen molar-refractivity contribution < 1.29 is 14.6 Å². The van der Waals surface area contributed by atoms with Crippen LogP contribution in [0.2, 0.25) is 0 Å². The predicted molar refractivity (Wildman–Crippen MR) is 103 cm³/mol. The van der Waals surface area contributed by atoms with Crippen molar-refractivity contribution in [3.05, 3.63) is 65.9 Å². The van der Waals surface area contributed by atoms with Crippen molar-refractivity contribution >= 4 is 11.6 Å². The van der Waals surface area contributed by atoms with E-state index in [9.17, 15) is 9.90 Å². The minimum Gasteiger partial charge on any atom is -0.508 e. The molecule has 0 radical (unpaired) electrons. The molecule has 1 heterocycles. The summed E-state index contributed by atoms with van der Waals surface area (Å²) in [6.45, 7) is 1.94. The normalized spacial score (nSPS) is 11.3. The third-order valence-corrected chi connectivity index (χ3v) is 4.04. The molecule has 0 fully saturated rings. The van der Waals surface area contributed by atoms with E-state index in [1.54, 1.807) is 37.4 Å². The molecular weight excluding hydrogens is 344 g/mol. The van der Waals surface area contributed by atoms with Gasteiger partial charge in [-0.15, -0.1) is 0 Å². The number of hydrogen-bond acceptors (Lipinski definition) is 5. The van der Waals surface area contributed by atoms with Crippen LogP contribution < -0.4 is 10.2 Å². The quantitative estimate of drug-likeness (QED) is 0.461. The first-order valence-corrected chi connectivity index (χ1v) is 8.47. The van der Waals surface area contributed by atoms with E-state index in [1.165, 1.54) is 0 Å². The van der Waals surface area contributed by atoms with Crippen molar-refractivity contribution in [2.75, 3.05) is 7.11 Å². The number of aromatic hydroxyl groups is 1. The number of amides is 1. The lowest BCUT2D eigenvalue weighted by molar-refractivity contribution is 0.0950. The molecule has 0 aliphatic rings. The zero-order valence-electron chi connectivity index (χ0n) is 15.1. The molecule has 0 unspecified atom stereocenters. The SMILES string of the molecule is CCC(=NNC(=O)c1cc(-c2ccc(OC)cc2)n[nH]1)c1ccc(O)cc1. The van der Waals surface area contributed by atoms with Gasteiger partial charge in [0, 0.05) is 5.56 Å². The second-order valence-electron chi connectivity index (χ2n) is 5.80.